The van der Waals surface area contributed by atoms with Crippen LogP contribution >= 0.6 is 0 Å². The summed E-state index contributed by atoms with van der Waals surface area (Å²) < 4.78 is 16.1. The van der Waals surface area contributed by atoms with E-state index in [1.54, 1.807) is 20.8 Å². The Hall–Kier alpha value is -0.200. The molecule has 0 aliphatic carbocycles. The molecule has 0 aromatic rings. The number of fused-ring (bicyclic) bond motifs is 1. The van der Waals surface area contributed by atoms with E-state index in [0.717, 1.165) is 0 Å². The highest BCUT2D eigenvalue weighted by Gasteiger charge is 2.55. The van der Waals surface area contributed by atoms with Crippen LogP contribution in [0.4, 0.5) is 0 Å². The standard InChI is InChI=1S/C9H16O5/c1-4(10)5-6-7(8(11)12-5)14-9(2,3)13-6/h4-8,10-11H,1-3H3/t4-,5-,6+,7-,8-/m0/s1. The molecule has 2 heterocycles. The van der Waals surface area contributed by atoms with Crippen LogP contribution in [0.3, 0.4) is 0 Å². The highest BCUT2D eigenvalue weighted by molar-refractivity contribution is 4.96. The molecule has 2 N–H and O–H groups in total. The van der Waals surface area contributed by atoms with E-state index in [-0.39, 0.29) is 6.10 Å². The molecule has 0 unspecified atom stereocenters. The zero-order valence-electron chi connectivity index (χ0n) is 8.51. The number of rotatable bonds is 1. The Bertz CT molecular complexity index is 225. The zero-order chi connectivity index (χ0) is 10.5. The van der Waals surface area contributed by atoms with Crippen LogP contribution < -0.4 is 0 Å². The van der Waals surface area contributed by atoms with E-state index in [2.05, 4.69) is 0 Å². The number of hydrogen-bond acceptors (Lipinski definition) is 5. The summed E-state index contributed by atoms with van der Waals surface area (Å²) in [5.74, 6) is -0.715. The van der Waals surface area contributed by atoms with Gasteiger partial charge in [-0.2, -0.15) is 0 Å². The third-order valence-corrected chi connectivity index (χ3v) is 2.54. The molecular formula is C9H16O5. The average molecular weight is 204 g/mol. The van der Waals surface area contributed by atoms with Crippen LogP contribution in [0, 0.1) is 0 Å². The quantitative estimate of drug-likeness (QED) is 0.608. The van der Waals surface area contributed by atoms with Crippen molar-refractivity contribution in [2.24, 2.45) is 0 Å². The van der Waals surface area contributed by atoms with Crippen LogP contribution in [0.1, 0.15) is 20.8 Å². The Morgan fingerprint density at radius 2 is 1.79 bits per heavy atom. The molecule has 5 nitrogen and oxygen atoms in total. The highest BCUT2D eigenvalue weighted by Crippen LogP contribution is 2.38. The molecule has 14 heavy (non-hydrogen) atoms. The lowest BCUT2D eigenvalue weighted by Gasteiger charge is -2.23. The van der Waals surface area contributed by atoms with Gasteiger partial charge in [0.25, 0.3) is 0 Å². The molecule has 0 aromatic heterocycles. The van der Waals surface area contributed by atoms with E-state index >= 15 is 0 Å². The highest BCUT2D eigenvalue weighted by atomic mass is 16.8. The van der Waals surface area contributed by atoms with Crippen molar-refractivity contribution in [2.75, 3.05) is 0 Å². The molecular weight excluding hydrogens is 188 g/mol. The van der Waals surface area contributed by atoms with Gasteiger partial charge in [0.15, 0.2) is 12.1 Å². The average Bonchev–Trinajstić information content (AvgIpc) is 2.47. The fraction of sp³-hybridized carbons (Fsp3) is 1.00. The minimum Gasteiger partial charge on any atom is -0.391 e. The van der Waals surface area contributed by atoms with Crippen molar-refractivity contribution in [3.05, 3.63) is 0 Å². The van der Waals surface area contributed by atoms with Gasteiger partial charge in [-0.1, -0.05) is 0 Å². The Morgan fingerprint density at radius 1 is 1.21 bits per heavy atom. The molecule has 2 saturated heterocycles. The smallest absolute Gasteiger partial charge is 0.184 e. The van der Waals surface area contributed by atoms with Gasteiger partial charge in [0, 0.05) is 0 Å². The maximum Gasteiger partial charge on any atom is 0.184 e. The van der Waals surface area contributed by atoms with Crippen molar-refractivity contribution in [3.8, 4) is 0 Å². The van der Waals surface area contributed by atoms with Crippen molar-refractivity contribution < 1.29 is 24.4 Å². The summed E-state index contributed by atoms with van der Waals surface area (Å²) >= 11 is 0. The predicted molar refractivity (Wildman–Crippen MR) is 46.4 cm³/mol. The Morgan fingerprint density at radius 3 is 2.36 bits per heavy atom. The molecule has 2 fully saturated rings. The second-order valence-corrected chi connectivity index (χ2v) is 4.30. The van der Waals surface area contributed by atoms with Gasteiger partial charge >= 0.3 is 0 Å². The van der Waals surface area contributed by atoms with Crippen LogP contribution in [0.25, 0.3) is 0 Å². The number of aliphatic hydroxyl groups is 2. The lowest BCUT2D eigenvalue weighted by atomic mass is 10.1. The van der Waals surface area contributed by atoms with Crippen LogP contribution in [-0.4, -0.2) is 46.7 Å². The second-order valence-electron chi connectivity index (χ2n) is 4.30. The van der Waals surface area contributed by atoms with Crippen LogP contribution in [0.5, 0.6) is 0 Å². The summed E-state index contributed by atoms with van der Waals surface area (Å²) in [4.78, 5) is 0. The summed E-state index contributed by atoms with van der Waals surface area (Å²) in [6, 6.07) is 0. The van der Waals surface area contributed by atoms with Crippen molar-refractivity contribution >= 4 is 0 Å². The third kappa shape index (κ3) is 1.55. The first-order chi connectivity index (χ1) is 6.41. The van der Waals surface area contributed by atoms with Gasteiger partial charge in [0.05, 0.1) is 6.10 Å². The monoisotopic (exact) mass is 204 g/mol. The molecule has 5 heteroatoms. The lowest BCUT2D eigenvalue weighted by molar-refractivity contribution is -0.229. The van der Waals surface area contributed by atoms with Crippen LogP contribution in [0.2, 0.25) is 0 Å². The molecule has 2 aliphatic rings. The topological polar surface area (TPSA) is 68.2 Å². The molecule has 5 atom stereocenters. The fourth-order valence-corrected chi connectivity index (χ4v) is 2.00. The molecule has 2 rings (SSSR count). The van der Waals surface area contributed by atoms with Crippen LogP contribution in [0.15, 0.2) is 0 Å². The Kier molecular flexibility index (Phi) is 2.32. The van der Waals surface area contributed by atoms with Gasteiger partial charge in [-0.05, 0) is 20.8 Å². The summed E-state index contributed by atoms with van der Waals surface area (Å²) in [7, 11) is 0. The summed E-state index contributed by atoms with van der Waals surface area (Å²) in [6.45, 7) is 5.16. The zero-order valence-corrected chi connectivity index (χ0v) is 8.51. The largest absolute Gasteiger partial charge is 0.391 e. The van der Waals surface area contributed by atoms with Crippen molar-refractivity contribution in [3.63, 3.8) is 0 Å². The van der Waals surface area contributed by atoms with E-state index in [0.29, 0.717) is 0 Å². The fourth-order valence-electron chi connectivity index (χ4n) is 2.00. The van der Waals surface area contributed by atoms with Crippen molar-refractivity contribution in [1.29, 1.82) is 0 Å². The number of aliphatic hydroxyl groups excluding tert-OH is 2. The molecule has 0 saturated carbocycles. The van der Waals surface area contributed by atoms with Crippen molar-refractivity contribution in [1.82, 2.24) is 0 Å². The summed E-state index contributed by atoms with van der Waals surface area (Å²) in [5.41, 5.74) is 0. The second kappa shape index (κ2) is 3.15. The first-order valence-electron chi connectivity index (χ1n) is 4.78. The maximum atomic E-state index is 9.51. The Labute approximate surface area is 82.6 Å². The normalized spacial score (nSPS) is 47.8. The molecule has 0 bridgehead atoms. The third-order valence-electron chi connectivity index (χ3n) is 2.54. The summed E-state index contributed by atoms with van der Waals surface area (Å²) in [6.07, 6.45) is -3.10. The SMILES string of the molecule is C[C@H](O)[C@@H]1O[C@H](O)[C@H]2OC(C)(C)O[C@H]12. The molecule has 0 aromatic carbocycles. The van der Waals surface area contributed by atoms with Gasteiger partial charge in [0.2, 0.25) is 0 Å². The van der Waals surface area contributed by atoms with E-state index in [4.69, 9.17) is 14.2 Å². The number of ether oxygens (including phenoxy) is 3. The minimum atomic E-state index is -1.01. The van der Waals surface area contributed by atoms with E-state index in [1.807, 2.05) is 0 Å². The van der Waals surface area contributed by atoms with Crippen LogP contribution in [-0.2, 0) is 14.2 Å². The van der Waals surface area contributed by atoms with Gasteiger partial charge < -0.3 is 24.4 Å². The molecule has 0 radical (unpaired) electrons. The van der Waals surface area contributed by atoms with E-state index in [1.165, 1.54) is 0 Å². The maximum absolute atomic E-state index is 9.51. The van der Waals surface area contributed by atoms with Gasteiger partial charge in [-0.25, -0.2) is 0 Å². The van der Waals surface area contributed by atoms with Crippen molar-refractivity contribution in [2.45, 2.75) is 57.3 Å². The molecule has 0 spiro atoms. The molecule has 0 amide bonds. The first kappa shape index (κ1) is 10.3. The van der Waals surface area contributed by atoms with Gasteiger partial charge in [-0.15, -0.1) is 0 Å². The lowest BCUT2D eigenvalue weighted by Crippen LogP contribution is -2.36. The van der Waals surface area contributed by atoms with Gasteiger partial charge in [-0.3, -0.25) is 0 Å². The molecule has 82 valence electrons. The summed E-state index contributed by atoms with van der Waals surface area (Å²) in [5, 5.41) is 18.9. The van der Waals surface area contributed by atoms with E-state index in [9.17, 15) is 10.2 Å². The van der Waals surface area contributed by atoms with Gasteiger partial charge in [0.1, 0.15) is 18.3 Å². The Balaban J connectivity index is 2.15. The predicted octanol–water partition coefficient (Wildman–Crippen LogP) is -0.396. The molecule has 2 aliphatic heterocycles. The number of hydrogen-bond donors (Lipinski definition) is 2. The minimum absolute atomic E-state index is 0.389. The van der Waals surface area contributed by atoms with E-state index < -0.39 is 30.4 Å². The first-order valence-corrected chi connectivity index (χ1v) is 4.78.